The van der Waals surface area contributed by atoms with E-state index in [-0.39, 0.29) is 26.9 Å². The van der Waals surface area contributed by atoms with Gasteiger partial charge in [0, 0.05) is 51.7 Å². The average molecular weight is 511 g/mol. The monoisotopic (exact) mass is 510 g/mol. The molecule has 0 atom stereocenters. The van der Waals surface area contributed by atoms with Crippen molar-refractivity contribution < 1.29 is 37.5 Å². The maximum atomic E-state index is 9.78. The van der Waals surface area contributed by atoms with Gasteiger partial charge in [-0.05, 0) is 67.5 Å². The van der Waals surface area contributed by atoms with Crippen molar-refractivity contribution in [1.29, 1.82) is 0 Å². The summed E-state index contributed by atoms with van der Waals surface area (Å²) in [6.45, 7) is 15.6. The van der Waals surface area contributed by atoms with E-state index in [9.17, 15) is 4.80 Å². The lowest BCUT2D eigenvalue weighted by atomic mass is 10.5. The normalized spacial score (nSPS) is 10.3. The zero-order valence-corrected chi connectivity index (χ0v) is 22.1. The van der Waals surface area contributed by atoms with Gasteiger partial charge in [-0.1, -0.05) is 14.9 Å². The number of nitrogens with two attached hydrogens (primary N) is 2. The van der Waals surface area contributed by atoms with E-state index in [0.29, 0.717) is 52.2 Å². The van der Waals surface area contributed by atoms with Gasteiger partial charge in [-0.15, -0.1) is 0 Å². The van der Waals surface area contributed by atoms with Crippen LogP contribution in [0, 0.1) is 0 Å². The molecule has 0 aliphatic carbocycles. The maximum absolute atomic E-state index is 9.78. The number of hydrogen-bond donors (Lipinski definition) is 4. The predicted molar refractivity (Wildman–Crippen MR) is 139 cm³/mol. The van der Waals surface area contributed by atoms with E-state index in [1.165, 1.54) is 0 Å². The first-order chi connectivity index (χ1) is 13.8. The molecule has 0 saturated heterocycles. The largest absolute Gasteiger partial charge is 0.500 e. The Hall–Kier alpha value is 0.0338. The first kappa shape index (κ1) is 45.5. The van der Waals surface area contributed by atoms with Crippen LogP contribution in [0.5, 0.6) is 0 Å². The Bertz CT molecular complexity index is 300. The molecule has 0 unspecified atom stereocenters. The van der Waals surface area contributed by atoms with E-state index in [4.69, 9.17) is 38.7 Å². The molecule has 0 radical (unpaired) electrons. The van der Waals surface area contributed by atoms with Gasteiger partial charge in [0.1, 0.15) is 0 Å². The zero-order valence-electron chi connectivity index (χ0n) is 20.1. The molecule has 8 N–H and O–H groups in total. The van der Waals surface area contributed by atoms with Crippen LogP contribution in [0.2, 0.25) is 12.1 Å². The van der Waals surface area contributed by atoms with Crippen LogP contribution in [0.1, 0.15) is 69.2 Å². The van der Waals surface area contributed by atoms with Crippen molar-refractivity contribution in [3.05, 3.63) is 0 Å². The average Bonchev–Trinajstić information content (AvgIpc) is 2.67. The third-order valence-corrected chi connectivity index (χ3v) is 8.83. The van der Waals surface area contributed by atoms with Gasteiger partial charge in [0.15, 0.2) is 0 Å². The van der Waals surface area contributed by atoms with E-state index in [1.54, 1.807) is 6.92 Å². The molecule has 0 rings (SSSR count). The summed E-state index contributed by atoms with van der Waals surface area (Å²) in [6, 6.07) is 1.38. The van der Waals surface area contributed by atoms with Crippen molar-refractivity contribution in [3.63, 3.8) is 0 Å². The zero-order chi connectivity index (χ0) is 23.0. The Morgan fingerprint density at radius 1 is 0.625 bits per heavy atom. The molecule has 204 valence electrons. The van der Waals surface area contributed by atoms with Gasteiger partial charge in [-0.3, -0.25) is 0 Å². The lowest BCUT2D eigenvalue weighted by Gasteiger charge is -2.28. The minimum Gasteiger partial charge on any atom is -0.412 e. The van der Waals surface area contributed by atoms with Crippen molar-refractivity contribution in [1.82, 2.24) is 0 Å². The molecule has 0 heterocycles. The van der Waals surface area contributed by atoms with Crippen molar-refractivity contribution >= 4 is 17.6 Å². The summed E-state index contributed by atoms with van der Waals surface area (Å²) in [5.41, 5.74) is 10.8. The quantitative estimate of drug-likeness (QED) is 0.227. The van der Waals surface area contributed by atoms with Gasteiger partial charge in [0.25, 0.3) is 0 Å². The summed E-state index contributed by atoms with van der Waals surface area (Å²) in [5.74, 6) is 0. The topological polar surface area (TPSA) is 170 Å². The standard InChI is InChI=1S/C9H23NO3Si.C7H19NO3Si.C2H6O.2CH4.H2O/c1-4-11-14(12-5-2,13-6-3)9-7-8-10;1-3-10-12(9,11-4-2)7-5-6-8;1-2-3;;;/h4-10H2,1-3H3;9H,3-8H2,1-2H3;3H,2H2,1H3;2*1H4;1H2. The molecule has 0 aliphatic rings. The molecule has 0 aromatic rings. The van der Waals surface area contributed by atoms with Crippen LogP contribution in [0.4, 0.5) is 0 Å². The summed E-state index contributed by atoms with van der Waals surface area (Å²) < 4.78 is 27.3. The Kier molecular flexibility index (Phi) is 47.2. The molecule has 12 heteroatoms. The third-order valence-electron chi connectivity index (χ3n) is 3.22. The lowest BCUT2D eigenvalue weighted by Crippen LogP contribution is -2.46. The fourth-order valence-electron chi connectivity index (χ4n) is 2.28. The molecule has 0 aromatic carbocycles. The van der Waals surface area contributed by atoms with Crippen LogP contribution in [0.15, 0.2) is 0 Å². The summed E-state index contributed by atoms with van der Waals surface area (Å²) in [6.07, 6.45) is 1.65. The van der Waals surface area contributed by atoms with E-state index < -0.39 is 17.6 Å². The van der Waals surface area contributed by atoms with Crippen molar-refractivity contribution in [2.24, 2.45) is 11.5 Å². The smallest absolute Gasteiger partial charge is 0.412 e. The second-order valence-electron chi connectivity index (χ2n) is 5.66. The molecule has 0 aliphatic heterocycles. The van der Waals surface area contributed by atoms with E-state index in [1.807, 2.05) is 34.6 Å². The summed E-state index contributed by atoms with van der Waals surface area (Å²) in [5, 5.41) is 7.57. The molecule has 0 saturated carbocycles. The summed E-state index contributed by atoms with van der Waals surface area (Å²) >= 11 is 0. The first-order valence-corrected chi connectivity index (χ1v) is 14.7. The Balaban J connectivity index is -0.0000000872. The number of hydrogen-bond acceptors (Lipinski definition) is 9. The van der Waals surface area contributed by atoms with Crippen LogP contribution in [0.25, 0.3) is 0 Å². The predicted octanol–water partition coefficient (Wildman–Crippen LogP) is 2.17. The van der Waals surface area contributed by atoms with Gasteiger partial charge < -0.3 is 49.0 Å². The van der Waals surface area contributed by atoms with Gasteiger partial charge in [0.2, 0.25) is 0 Å². The van der Waals surface area contributed by atoms with Crippen molar-refractivity contribution in [3.8, 4) is 0 Å². The van der Waals surface area contributed by atoms with E-state index >= 15 is 0 Å². The molecule has 0 fully saturated rings. The van der Waals surface area contributed by atoms with E-state index in [0.717, 1.165) is 18.9 Å². The van der Waals surface area contributed by atoms with Crippen LogP contribution in [0.3, 0.4) is 0 Å². The molecular weight excluding hydrogens is 452 g/mol. The van der Waals surface area contributed by atoms with Gasteiger partial charge >= 0.3 is 17.6 Å². The highest BCUT2D eigenvalue weighted by molar-refractivity contribution is 6.60. The molecule has 0 bridgehead atoms. The fourth-order valence-corrected chi connectivity index (χ4v) is 6.85. The molecular formula is C20H58N2O8Si2. The maximum Gasteiger partial charge on any atom is 0.500 e. The second-order valence-corrected chi connectivity index (χ2v) is 10.9. The SMILES string of the molecule is C.C.CCO.CCO[Si](CCCN)(OCC)OCC.CCO[Si](O)(CCCN)OCC.O. The first-order valence-electron chi connectivity index (χ1n) is 10.8. The number of rotatable bonds is 16. The summed E-state index contributed by atoms with van der Waals surface area (Å²) in [7, 11) is -5.25. The molecule has 10 nitrogen and oxygen atoms in total. The Morgan fingerprint density at radius 3 is 1.16 bits per heavy atom. The third kappa shape index (κ3) is 28.1. The van der Waals surface area contributed by atoms with Gasteiger partial charge in [-0.2, -0.15) is 0 Å². The summed E-state index contributed by atoms with van der Waals surface area (Å²) in [4.78, 5) is 9.78. The van der Waals surface area contributed by atoms with Crippen LogP contribution in [-0.2, 0) is 22.1 Å². The molecule has 0 aromatic heterocycles. The Morgan fingerprint density at radius 2 is 0.906 bits per heavy atom. The van der Waals surface area contributed by atoms with Crippen LogP contribution < -0.4 is 11.5 Å². The second kappa shape index (κ2) is 33.2. The van der Waals surface area contributed by atoms with Crippen LogP contribution in [-0.4, -0.2) is 85.7 Å². The number of aliphatic hydroxyl groups is 1. The van der Waals surface area contributed by atoms with E-state index in [2.05, 4.69) is 0 Å². The highest BCUT2D eigenvalue weighted by Gasteiger charge is 2.39. The molecule has 32 heavy (non-hydrogen) atoms. The van der Waals surface area contributed by atoms with Gasteiger partial charge in [0.05, 0.1) is 0 Å². The van der Waals surface area contributed by atoms with Gasteiger partial charge in [-0.25, -0.2) is 0 Å². The van der Waals surface area contributed by atoms with Crippen molar-refractivity contribution in [2.75, 3.05) is 52.7 Å². The van der Waals surface area contributed by atoms with Crippen molar-refractivity contribution in [2.45, 2.75) is 81.3 Å². The fraction of sp³-hybridized carbons (Fsp3) is 1.00. The number of aliphatic hydroxyl groups excluding tert-OH is 1. The van der Waals surface area contributed by atoms with Crippen LogP contribution >= 0.6 is 0 Å². The molecule has 0 amide bonds. The minimum atomic E-state index is -2.85. The highest BCUT2D eigenvalue weighted by Crippen LogP contribution is 2.17. The lowest BCUT2D eigenvalue weighted by molar-refractivity contribution is 0.0709. The highest BCUT2D eigenvalue weighted by atomic mass is 28.4. The Labute approximate surface area is 201 Å². The molecule has 0 spiro atoms. The minimum absolute atomic E-state index is 0.